The van der Waals surface area contributed by atoms with Gasteiger partial charge < -0.3 is 14.6 Å². The molecule has 0 radical (unpaired) electrons. The molecule has 2 aliphatic rings. The van der Waals surface area contributed by atoms with Gasteiger partial charge in [0.05, 0.1) is 12.7 Å². The van der Waals surface area contributed by atoms with E-state index in [9.17, 15) is 4.79 Å². The van der Waals surface area contributed by atoms with Crippen LogP contribution in [0.4, 0.5) is 0 Å². The highest BCUT2D eigenvalue weighted by molar-refractivity contribution is 5.68. The number of carbonyl (C=O) groups is 1. The Balaban J connectivity index is 0.000000359. The number of rotatable bonds is 12. The molecule has 4 heteroatoms. The largest absolute Gasteiger partial charge is 0.491 e. The van der Waals surface area contributed by atoms with Crippen LogP contribution in [0.1, 0.15) is 96.8 Å². The van der Waals surface area contributed by atoms with Crippen molar-refractivity contribution in [3.63, 3.8) is 0 Å². The number of unbranched alkanes of at least 4 members (excludes halogenated alkanes) is 3. The van der Waals surface area contributed by atoms with Crippen molar-refractivity contribution in [3.05, 3.63) is 12.3 Å². The zero-order valence-corrected chi connectivity index (χ0v) is 19.1. The highest BCUT2D eigenvalue weighted by Gasteiger charge is 2.30. The zero-order chi connectivity index (χ0) is 21.3. The fourth-order valence-corrected chi connectivity index (χ4v) is 4.88. The zero-order valence-electron chi connectivity index (χ0n) is 19.1. The molecule has 2 rings (SSSR count). The lowest BCUT2D eigenvalue weighted by molar-refractivity contribution is -0.107. The Hall–Kier alpha value is -0.870. The fraction of sp³-hybridized carbons (Fsp3) is 0.880. The van der Waals surface area contributed by atoms with Gasteiger partial charge in [-0.15, -0.1) is 0 Å². The van der Waals surface area contributed by atoms with Crippen LogP contribution in [0.15, 0.2) is 12.3 Å². The second kappa shape index (κ2) is 16.9. The number of hydrogen-bond acceptors (Lipinski definition) is 4. The Bertz CT molecular complexity index is 407. The fourth-order valence-electron chi connectivity index (χ4n) is 4.88. The van der Waals surface area contributed by atoms with E-state index in [4.69, 9.17) is 14.6 Å². The van der Waals surface area contributed by atoms with Crippen molar-refractivity contribution in [1.29, 1.82) is 0 Å². The summed E-state index contributed by atoms with van der Waals surface area (Å²) in [5.74, 6) is 3.30. The maximum Gasteiger partial charge on any atom is 0.184 e. The van der Waals surface area contributed by atoms with Gasteiger partial charge in [-0.3, -0.25) is 4.79 Å². The van der Waals surface area contributed by atoms with E-state index in [1.54, 1.807) is 0 Å². The van der Waals surface area contributed by atoms with Crippen molar-refractivity contribution in [2.45, 2.75) is 103 Å². The lowest BCUT2D eigenvalue weighted by Gasteiger charge is -2.37. The Morgan fingerprint density at radius 2 is 1.59 bits per heavy atom. The summed E-state index contributed by atoms with van der Waals surface area (Å²) in [7, 11) is 1.88. The minimum atomic E-state index is 0.151. The quantitative estimate of drug-likeness (QED) is 0.184. The number of methoxy groups -OCH3 is 1. The van der Waals surface area contributed by atoms with E-state index in [1.165, 1.54) is 77.0 Å². The Morgan fingerprint density at radius 3 is 2.10 bits per heavy atom. The lowest BCUT2D eigenvalue weighted by atomic mass is 9.70. The molecule has 0 amide bonds. The van der Waals surface area contributed by atoms with Gasteiger partial charge in [0.2, 0.25) is 0 Å². The molecule has 1 N–H and O–H groups in total. The van der Waals surface area contributed by atoms with Crippen molar-refractivity contribution >= 4 is 6.29 Å². The van der Waals surface area contributed by atoms with Gasteiger partial charge >= 0.3 is 0 Å². The Kier molecular flexibility index (Phi) is 15.2. The van der Waals surface area contributed by atoms with Crippen molar-refractivity contribution in [3.8, 4) is 0 Å². The average Bonchev–Trinajstić information content (AvgIpc) is 2.78. The summed E-state index contributed by atoms with van der Waals surface area (Å²) in [6.45, 7) is 6.25. The molecule has 4 nitrogen and oxygen atoms in total. The van der Waals surface area contributed by atoms with E-state index in [2.05, 4.69) is 13.5 Å². The number of aliphatic hydroxyl groups is 1. The molecule has 0 saturated heterocycles. The van der Waals surface area contributed by atoms with Crippen LogP contribution in [0.2, 0.25) is 0 Å². The number of ether oxygens (including phenoxy) is 2. The molecule has 0 aromatic heterocycles. The van der Waals surface area contributed by atoms with Crippen molar-refractivity contribution in [2.75, 3.05) is 20.3 Å². The molecule has 0 bridgehead atoms. The highest BCUT2D eigenvalue weighted by Crippen LogP contribution is 2.41. The predicted molar refractivity (Wildman–Crippen MR) is 120 cm³/mol. The number of carbonyl (C=O) groups excluding carboxylic acids is 1. The minimum absolute atomic E-state index is 0.151. The van der Waals surface area contributed by atoms with Crippen molar-refractivity contribution < 1.29 is 19.4 Å². The molecule has 0 aromatic rings. The second-order valence-corrected chi connectivity index (χ2v) is 8.91. The third-order valence-electron chi connectivity index (χ3n) is 6.80. The first kappa shape index (κ1) is 26.2. The van der Waals surface area contributed by atoms with Crippen LogP contribution in [0.25, 0.3) is 0 Å². The second-order valence-electron chi connectivity index (χ2n) is 8.91. The van der Waals surface area contributed by atoms with Gasteiger partial charge in [0.15, 0.2) is 12.0 Å². The molecular formula is C25H46O4. The summed E-state index contributed by atoms with van der Waals surface area (Å²) in [6, 6.07) is 0. The molecule has 2 fully saturated rings. The Labute approximate surface area is 179 Å². The van der Waals surface area contributed by atoms with Crippen LogP contribution in [-0.2, 0) is 14.3 Å². The van der Waals surface area contributed by atoms with Crippen LogP contribution in [0.5, 0.6) is 0 Å². The van der Waals surface area contributed by atoms with Gasteiger partial charge in [0.1, 0.15) is 0 Å². The standard InChI is InChI=1S/C18H34O.C7H12O3/c1-3-4-5-6-15-7-9-16(10-8-15)17-11-13-18(19-2)14-12-17;1-7(6-9)10-5-3-2-4-8/h15-18H,3-14H2,1-2H3;6,8H,1-5H2. The molecule has 0 spiro atoms. The van der Waals surface area contributed by atoms with E-state index in [0.29, 0.717) is 25.4 Å². The number of aldehydes is 1. The SMILES string of the molecule is C=C(C=O)OCCCCO.CCCCCC1CCC(C2CCC(OC)CC2)CC1. The number of aliphatic hydroxyl groups excluding tert-OH is 1. The summed E-state index contributed by atoms with van der Waals surface area (Å²) in [5, 5.41) is 8.34. The third-order valence-corrected chi connectivity index (χ3v) is 6.80. The maximum atomic E-state index is 9.89. The Morgan fingerprint density at radius 1 is 0.966 bits per heavy atom. The molecule has 29 heavy (non-hydrogen) atoms. The summed E-state index contributed by atoms with van der Waals surface area (Å²) in [4.78, 5) is 9.89. The molecule has 0 heterocycles. The summed E-state index contributed by atoms with van der Waals surface area (Å²) >= 11 is 0. The van der Waals surface area contributed by atoms with Gasteiger partial charge in [0.25, 0.3) is 0 Å². The summed E-state index contributed by atoms with van der Waals surface area (Å²) in [5.41, 5.74) is 0. The number of allylic oxidation sites excluding steroid dienone is 1. The first-order chi connectivity index (χ1) is 14.1. The van der Waals surface area contributed by atoms with Gasteiger partial charge in [-0.25, -0.2) is 0 Å². The molecule has 2 aliphatic carbocycles. The third kappa shape index (κ3) is 11.8. The lowest BCUT2D eigenvalue weighted by Crippen LogP contribution is -2.28. The van der Waals surface area contributed by atoms with Crippen molar-refractivity contribution in [2.24, 2.45) is 17.8 Å². The monoisotopic (exact) mass is 410 g/mol. The van der Waals surface area contributed by atoms with Gasteiger partial charge in [-0.2, -0.15) is 0 Å². The molecule has 0 aromatic carbocycles. The van der Waals surface area contributed by atoms with Crippen LogP contribution in [-0.4, -0.2) is 37.8 Å². The molecular weight excluding hydrogens is 364 g/mol. The molecule has 0 unspecified atom stereocenters. The normalized spacial score (nSPS) is 26.9. The maximum absolute atomic E-state index is 9.89. The molecule has 0 aliphatic heterocycles. The van der Waals surface area contributed by atoms with Gasteiger partial charge in [-0.1, -0.05) is 52.0 Å². The van der Waals surface area contributed by atoms with Crippen LogP contribution in [0.3, 0.4) is 0 Å². The molecule has 0 atom stereocenters. The molecule has 2 saturated carbocycles. The van der Waals surface area contributed by atoms with Gasteiger partial charge in [-0.05, 0) is 69.1 Å². The van der Waals surface area contributed by atoms with Crippen LogP contribution >= 0.6 is 0 Å². The first-order valence-corrected chi connectivity index (χ1v) is 12.0. The van der Waals surface area contributed by atoms with E-state index < -0.39 is 0 Å². The van der Waals surface area contributed by atoms with E-state index >= 15 is 0 Å². The highest BCUT2D eigenvalue weighted by atomic mass is 16.5. The summed E-state index contributed by atoms with van der Waals surface area (Å²) < 4.78 is 10.3. The smallest absolute Gasteiger partial charge is 0.184 e. The van der Waals surface area contributed by atoms with E-state index in [0.717, 1.165) is 24.2 Å². The van der Waals surface area contributed by atoms with E-state index in [-0.39, 0.29) is 12.4 Å². The molecule has 170 valence electrons. The number of hydrogen-bond donors (Lipinski definition) is 1. The predicted octanol–water partition coefficient (Wildman–Crippen LogP) is 6.07. The van der Waals surface area contributed by atoms with Crippen LogP contribution < -0.4 is 0 Å². The van der Waals surface area contributed by atoms with Crippen molar-refractivity contribution in [1.82, 2.24) is 0 Å². The topological polar surface area (TPSA) is 55.8 Å². The van der Waals surface area contributed by atoms with Crippen LogP contribution in [0, 0.1) is 17.8 Å². The van der Waals surface area contributed by atoms with E-state index in [1.807, 2.05) is 7.11 Å². The average molecular weight is 411 g/mol. The summed E-state index contributed by atoms with van der Waals surface area (Å²) in [6.07, 6.45) is 20.0. The first-order valence-electron chi connectivity index (χ1n) is 12.0. The minimum Gasteiger partial charge on any atom is -0.491 e. The van der Waals surface area contributed by atoms with Gasteiger partial charge in [0, 0.05) is 13.7 Å².